The molecule has 33 heavy (non-hydrogen) atoms. The molecular formula is C21H20BClF6O4. The summed E-state index contributed by atoms with van der Waals surface area (Å²) in [6.45, 7) is 7.04. The first kappa shape index (κ1) is 25.5. The van der Waals surface area contributed by atoms with Crippen molar-refractivity contribution in [2.24, 2.45) is 0 Å². The minimum absolute atomic E-state index is 0.159. The lowest BCUT2D eigenvalue weighted by molar-refractivity contribution is -0.275. The lowest BCUT2D eigenvalue weighted by Crippen LogP contribution is -2.41. The topological polar surface area (TPSA) is 36.9 Å². The van der Waals surface area contributed by atoms with Gasteiger partial charge in [-0.1, -0.05) is 23.7 Å². The molecule has 1 aliphatic heterocycles. The Hall–Kier alpha value is -2.11. The number of halogens is 7. The van der Waals surface area contributed by atoms with E-state index in [4.69, 9.17) is 25.6 Å². The van der Waals surface area contributed by atoms with E-state index in [9.17, 15) is 26.3 Å². The van der Waals surface area contributed by atoms with E-state index in [1.54, 1.807) is 27.7 Å². The fraction of sp³-hybridized carbons (Fsp3) is 0.429. The minimum Gasteiger partial charge on any atom is -0.476 e. The number of rotatable bonds is 6. The largest absolute Gasteiger partial charge is 0.573 e. The zero-order valence-electron chi connectivity index (χ0n) is 18.0. The van der Waals surface area contributed by atoms with Crippen LogP contribution in [0, 0.1) is 5.82 Å². The zero-order chi connectivity index (χ0) is 24.8. The van der Waals surface area contributed by atoms with E-state index >= 15 is 0 Å². The van der Waals surface area contributed by atoms with Gasteiger partial charge in [-0.15, -0.1) is 13.2 Å². The zero-order valence-corrected chi connectivity index (χ0v) is 18.7. The molecule has 1 saturated heterocycles. The van der Waals surface area contributed by atoms with Crippen molar-refractivity contribution >= 4 is 24.2 Å². The predicted octanol–water partition coefficient (Wildman–Crippen LogP) is 6.06. The van der Waals surface area contributed by atoms with Crippen LogP contribution in [-0.2, 0) is 9.31 Å². The summed E-state index contributed by atoms with van der Waals surface area (Å²) in [6.07, 6.45) is -10.4. The Bertz CT molecular complexity index is 999. The van der Waals surface area contributed by atoms with Gasteiger partial charge < -0.3 is 18.8 Å². The maximum Gasteiger partial charge on any atom is 0.573 e. The van der Waals surface area contributed by atoms with E-state index in [0.29, 0.717) is 0 Å². The van der Waals surface area contributed by atoms with Crippen molar-refractivity contribution in [3.8, 4) is 11.5 Å². The van der Waals surface area contributed by atoms with Gasteiger partial charge in [0.05, 0.1) is 16.2 Å². The second kappa shape index (κ2) is 8.92. The summed E-state index contributed by atoms with van der Waals surface area (Å²) in [5.41, 5.74) is -1.69. The summed E-state index contributed by atoms with van der Waals surface area (Å²) in [6, 6.07) is 6.14. The summed E-state index contributed by atoms with van der Waals surface area (Å²) >= 11 is 5.57. The Morgan fingerprint density at radius 2 is 1.55 bits per heavy atom. The predicted molar refractivity (Wildman–Crippen MR) is 110 cm³/mol. The number of benzene rings is 2. The third-order valence-electron chi connectivity index (χ3n) is 5.47. The second-order valence-corrected chi connectivity index (χ2v) is 8.80. The highest BCUT2D eigenvalue weighted by Gasteiger charge is 2.52. The maximum absolute atomic E-state index is 13.8. The van der Waals surface area contributed by atoms with E-state index in [-0.39, 0.29) is 16.0 Å². The van der Waals surface area contributed by atoms with Crippen molar-refractivity contribution in [3.05, 3.63) is 52.8 Å². The van der Waals surface area contributed by atoms with Gasteiger partial charge in [-0.3, -0.25) is 0 Å². The van der Waals surface area contributed by atoms with Gasteiger partial charge in [0.15, 0.2) is 17.6 Å². The Morgan fingerprint density at radius 1 is 0.939 bits per heavy atom. The van der Waals surface area contributed by atoms with Crippen LogP contribution in [0.3, 0.4) is 0 Å². The summed E-state index contributed by atoms with van der Waals surface area (Å²) in [4.78, 5) is 0. The highest BCUT2D eigenvalue weighted by Crippen LogP contribution is 2.39. The van der Waals surface area contributed by atoms with Crippen LogP contribution in [0.5, 0.6) is 11.5 Å². The third kappa shape index (κ3) is 5.70. The van der Waals surface area contributed by atoms with Crippen LogP contribution >= 0.6 is 11.6 Å². The van der Waals surface area contributed by atoms with Crippen molar-refractivity contribution in [1.82, 2.24) is 0 Å². The maximum atomic E-state index is 13.8. The van der Waals surface area contributed by atoms with Crippen LogP contribution in [-0.4, -0.2) is 31.1 Å². The molecule has 2 aromatic rings. The van der Waals surface area contributed by atoms with Gasteiger partial charge in [0.2, 0.25) is 0 Å². The molecule has 1 fully saturated rings. The molecule has 12 heteroatoms. The van der Waals surface area contributed by atoms with E-state index < -0.39 is 54.5 Å². The molecule has 0 saturated carbocycles. The quantitative estimate of drug-likeness (QED) is 0.360. The van der Waals surface area contributed by atoms with Gasteiger partial charge in [-0.2, -0.15) is 0 Å². The number of hydrogen-bond acceptors (Lipinski definition) is 4. The molecule has 0 aromatic heterocycles. The first-order chi connectivity index (χ1) is 15.1. The first-order valence-electron chi connectivity index (χ1n) is 9.75. The summed E-state index contributed by atoms with van der Waals surface area (Å²) < 4.78 is 101. The number of ether oxygens (including phenoxy) is 2. The van der Waals surface area contributed by atoms with Gasteiger partial charge in [0, 0.05) is 5.56 Å². The molecule has 0 bridgehead atoms. The molecule has 1 heterocycles. The van der Waals surface area contributed by atoms with E-state index in [0.717, 1.165) is 30.3 Å². The van der Waals surface area contributed by atoms with Crippen molar-refractivity contribution in [2.45, 2.75) is 57.8 Å². The van der Waals surface area contributed by atoms with Gasteiger partial charge in [-0.25, -0.2) is 13.2 Å². The molecule has 4 nitrogen and oxygen atoms in total. The Balaban J connectivity index is 1.97. The summed E-state index contributed by atoms with van der Waals surface area (Å²) in [5, 5.41) is -0.306. The molecule has 0 N–H and O–H groups in total. The van der Waals surface area contributed by atoms with Crippen molar-refractivity contribution < 1.29 is 45.1 Å². The van der Waals surface area contributed by atoms with E-state index in [2.05, 4.69) is 4.74 Å². The fourth-order valence-corrected chi connectivity index (χ4v) is 3.16. The molecule has 0 aliphatic carbocycles. The van der Waals surface area contributed by atoms with E-state index in [1.807, 2.05) is 0 Å². The first-order valence-corrected chi connectivity index (χ1v) is 10.1. The normalized spacial score (nSPS) is 18.5. The molecule has 0 radical (unpaired) electrons. The molecule has 3 rings (SSSR count). The Morgan fingerprint density at radius 3 is 2.06 bits per heavy atom. The molecule has 180 valence electrons. The lowest BCUT2D eigenvalue weighted by atomic mass is 9.79. The molecule has 2 aromatic carbocycles. The summed E-state index contributed by atoms with van der Waals surface area (Å²) in [5.74, 6) is -2.49. The third-order valence-corrected chi connectivity index (χ3v) is 5.78. The monoisotopic (exact) mass is 496 g/mol. The van der Waals surface area contributed by atoms with Gasteiger partial charge in [-0.05, 0) is 57.4 Å². The number of alkyl halides is 5. The highest BCUT2D eigenvalue weighted by atomic mass is 35.5. The van der Waals surface area contributed by atoms with Gasteiger partial charge in [0.1, 0.15) is 5.82 Å². The molecule has 0 spiro atoms. The number of hydrogen-bond donors (Lipinski definition) is 0. The van der Waals surface area contributed by atoms with Crippen molar-refractivity contribution in [3.63, 3.8) is 0 Å². The van der Waals surface area contributed by atoms with Crippen LogP contribution in [0.2, 0.25) is 5.02 Å². The second-order valence-electron chi connectivity index (χ2n) is 8.39. The fourth-order valence-electron chi connectivity index (χ4n) is 3.04. The van der Waals surface area contributed by atoms with Crippen LogP contribution in [0.15, 0.2) is 36.4 Å². The highest BCUT2D eigenvalue weighted by molar-refractivity contribution is 6.62. The van der Waals surface area contributed by atoms with Crippen LogP contribution < -0.4 is 14.9 Å². The Kier molecular flexibility index (Phi) is 6.90. The van der Waals surface area contributed by atoms with Gasteiger partial charge in [0.25, 0.3) is 6.43 Å². The molecule has 1 atom stereocenters. The SMILES string of the molecule is CC1(C)OB(c2ccc(OC(c3ccc(Cl)c(F)c3)C(F)F)c(OC(F)(F)F)c2)OC1(C)C. The van der Waals surface area contributed by atoms with E-state index in [1.165, 1.54) is 6.07 Å². The van der Waals surface area contributed by atoms with Crippen molar-refractivity contribution in [2.75, 3.05) is 0 Å². The van der Waals surface area contributed by atoms with Crippen LogP contribution in [0.4, 0.5) is 26.3 Å². The summed E-state index contributed by atoms with van der Waals surface area (Å²) in [7, 11) is -1.03. The Labute approximate surface area is 191 Å². The van der Waals surface area contributed by atoms with Crippen molar-refractivity contribution in [1.29, 1.82) is 0 Å². The lowest BCUT2D eigenvalue weighted by Gasteiger charge is -2.32. The van der Waals surface area contributed by atoms with Gasteiger partial charge >= 0.3 is 13.5 Å². The molecule has 1 unspecified atom stereocenters. The molecule has 1 aliphatic rings. The molecular weight excluding hydrogens is 476 g/mol. The minimum atomic E-state index is -5.14. The van der Waals surface area contributed by atoms with Crippen LogP contribution in [0.25, 0.3) is 0 Å². The standard InChI is InChI=1S/C21H20BClF6O4/c1-19(2)20(3,4)33-22(32-19)12-6-8-15(16(10-12)31-21(27,28)29)30-17(18(25)26)11-5-7-13(23)14(24)9-11/h5-10,17-18H,1-4H3. The smallest absolute Gasteiger partial charge is 0.476 e. The van der Waals surface area contributed by atoms with Crippen LogP contribution in [0.1, 0.15) is 39.4 Å². The average Bonchev–Trinajstić information content (AvgIpc) is 2.89. The average molecular weight is 497 g/mol. The molecule has 0 amide bonds.